The first-order valence-electron chi connectivity index (χ1n) is 4.78. The highest BCUT2D eigenvalue weighted by atomic mass is 79.9. The summed E-state index contributed by atoms with van der Waals surface area (Å²) in [5.74, 6) is 0. The number of nitrogens with zero attached hydrogens (tertiary/aromatic N) is 2. The predicted molar refractivity (Wildman–Crippen MR) is 68.4 cm³/mol. The maximum Gasteiger partial charge on any atom is 0.0737 e. The van der Waals surface area contributed by atoms with Crippen LogP contribution in [0.3, 0.4) is 0 Å². The van der Waals surface area contributed by atoms with E-state index in [0.29, 0.717) is 5.02 Å². The van der Waals surface area contributed by atoms with Crippen LogP contribution in [0.2, 0.25) is 5.02 Å². The van der Waals surface area contributed by atoms with Crippen LogP contribution >= 0.6 is 27.5 Å². The Morgan fingerprint density at radius 1 is 1.44 bits per heavy atom. The molecule has 0 saturated carbocycles. The lowest BCUT2D eigenvalue weighted by Gasteiger charge is -2.14. The van der Waals surface area contributed by atoms with E-state index in [1.165, 1.54) is 0 Å². The van der Waals surface area contributed by atoms with Gasteiger partial charge in [-0.25, -0.2) is 0 Å². The Morgan fingerprint density at radius 2 is 2.19 bits per heavy atom. The Labute approximate surface area is 107 Å². The van der Waals surface area contributed by atoms with E-state index in [0.717, 1.165) is 15.7 Å². The average molecular weight is 301 g/mol. The highest BCUT2D eigenvalue weighted by Gasteiger charge is 2.15. The lowest BCUT2D eigenvalue weighted by Crippen LogP contribution is -2.16. The van der Waals surface area contributed by atoms with E-state index >= 15 is 0 Å². The molecule has 2 aromatic rings. The van der Waals surface area contributed by atoms with Crippen LogP contribution < -0.4 is 5.73 Å². The number of aryl methyl sites for hydroxylation is 1. The van der Waals surface area contributed by atoms with E-state index in [1.54, 1.807) is 10.9 Å². The van der Waals surface area contributed by atoms with Crippen LogP contribution in [0.5, 0.6) is 0 Å². The van der Waals surface area contributed by atoms with Crippen molar-refractivity contribution in [1.29, 1.82) is 0 Å². The summed E-state index contributed by atoms with van der Waals surface area (Å²) in [6, 6.07) is 7.32. The monoisotopic (exact) mass is 299 g/mol. The molecule has 0 spiro atoms. The van der Waals surface area contributed by atoms with Gasteiger partial charge in [0.25, 0.3) is 0 Å². The highest BCUT2D eigenvalue weighted by molar-refractivity contribution is 9.10. The maximum absolute atomic E-state index is 6.15. The minimum Gasteiger partial charge on any atom is -0.319 e. The van der Waals surface area contributed by atoms with Crippen LogP contribution in [0.15, 0.2) is 34.9 Å². The van der Waals surface area contributed by atoms with Gasteiger partial charge in [-0.3, -0.25) is 4.68 Å². The minimum atomic E-state index is -0.256. The average Bonchev–Trinajstić information content (AvgIpc) is 2.63. The van der Waals surface area contributed by atoms with Gasteiger partial charge >= 0.3 is 0 Å². The summed E-state index contributed by atoms with van der Waals surface area (Å²) < 4.78 is 2.70. The van der Waals surface area contributed by atoms with Gasteiger partial charge in [-0.2, -0.15) is 5.10 Å². The minimum absolute atomic E-state index is 0.256. The number of benzene rings is 1. The quantitative estimate of drug-likeness (QED) is 0.927. The fourth-order valence-corrected chi connectivity index (χ4v) is 2.39. The molecule has 0 aliphatic rings. The highest BCUT2D eigenvalue weighted by Crippen LogP contribution is 2.28. The number of nitrogens with two attached hydrogens (primary N) is 1. The molecule has 0 fully saturated rings. The molecular weight excluding hydrogens is 289 g/mol. The van der Waals surface area contributed by atoms with Gasteiger partial charge in [0.1, 0.15) is 0 Å². The van der Waals surface area contributed by atoms with Gasteiger partial charge < -0.3 is 5.73 Å². The Hall–Kier alpha value is -0.840. The van der Waals surface area contributed by atoms with Crippen molar-refractivity contribution in [3.05, 3.63) is 51.2 Å². The second-order valence-electron chi connectivity index (χ2n) is 3.52. The van der Waals surface area contributed by atoms with Gasteiger partial charge in [0, 0.05) is 22.7 Å². The van der Waals surface area contributed by atoms with Gasteiger partial charge in [0.05, 0.1) is 11.7 Å². The lowest BCUT2D eigenvalue weighted by atomic mass is 10.0. The first kappa shape index (κ1) is 11.6. The molecule has 3 nitrogen and oxygen atoms in total. The summed E-state index contributed by atoms with van der Waals surface area (Å²) in [6.07, 6.45) is 1.72. The van der Waals surface area contributed by atoms with Gasteiger partial charge in [-0.05, 0) is 23.8 Å². The standard InChI is InChI=1S/C11H11BrClN3/c1-16-10(4-5-15-16)11(14)8-3-2-7(12)6-9(8)13/h2-6,11H,14H2,1H3. The van der Waals surface area contributed by atoms with Crippen LogP contribution in [0.1, 0.15) is 17.3 Å². The number of hydrogen-bond acceptors (Lipinski definition) is 2. The van der Waals surface area contributed by atoms with Gasteiger partial charge in [-0.1, -0.05) is 33.6 Å². The molecule has 1 atom stereocenters. The Kier molecular flexibility index (Phi) is 3.33. The summed E-state index contributed by atoms with van der Waals surface area (Å²) >= 11 is 9.52. The smallest absolute Gasteiger partial charge is 0.0737 e. The van der Waals surface area contributed by atoms with Crippen molar-refractivity contribution in [2.45, 2.75) is 6.04 Å². The Bertz CT molecular complexity index is 510. The third-order valence-corrected chi connectivity index (χ3v) is 3.30. The molecule has 1 aromatic heterocycles. The number of aromatic nitrogens is 2. The molecule has 16 heavy (non-hydrogen) atoms. The number of halogens is 2. The van der Waals surface area contributed by atoms with E-state index < -0.39 is 0 Å². The normalized spacial score (nSPS) is 12.8. The summed E-state index contributed by atoms with van der Waals surface area (Å²) in [5.41, 5.74) is 7.98. The van der Waals surface area contributed by atoms with Crippen LogP contribution in [-0.4, -0.2) is 9.78 Å². The van der Waals surface area contributed by atoms with Crippen LogP contribution in [0, 0.1) is 0 Å². The first-order valence-corrected chi connectivity index (χ1v) is 5.95. The maximum atomic E-state index is 6.15. The van der Waals surface area contributed by atoms with E-state index in [2.05, 4.69) is 21.0 Å². The predicted octanol–water partition coefficient (Wildman–Crippen LogP) is 2.88. The third kappa shape index (κ3) is 2.14. The summed E-state index contributed by atoms with van der Waals surface area (Å²) in [4.78, 5) is 0. The molecule has 1 unspecified atom stereocenters. The molecule has 0 bridgehead atoms. The van der Waals surface area contributed by atoms with Crippen LogP contribution in [0.25, 0.3) is 0 Å². The molecular formula is C11H11BrClN3. The fraction of sp³-hybridized carbons (Fsp3) is 0.182. The first-order chi connectivity index (χ1) is 7.59. The largest absolute Gasteiger partial charge is 0.319 e. The molecule has 0 amide bonds. The van der Waals surface area contributed by atoms with Crippen molar-refractivity contribution >= 4 is 27.5 Å². The Morgan fingerprint density at radius 3 is 2.75 bits per heavy atom. The Balaban J connectivity index is 2.41. The zero-order valence-corrected chi connectivity index (χ0v) is 11.0. The van der Waals surface area contributed by atoms with Gasteiger partial charge in [0.2, 0.25) is 0 Å². The van der Waals surface area contributed by atoms with Crippen molar-refractivity contribution in [2.24, 2.45) is 12.8 Å². The van der Waals surface area contributed by atoms with Gasteiger partial charge in [0.15, 0.2) is 0 Å². The second-order valence-corrected chi connectivity index (χ2v) is 4.85. The van der Waals surface area contributed by atoms with Crippen molar-refractivity contribution in [1.82, 2.24) is 9.78 Å². The van der Waals surface area contributed by atoms with E-state index in [-0.39, 0.29) is 6.04 Å². The zero-order chi connectivity index (χ0) is 11.7. The molecule has 2 rings (SSSR count). The molecule has 1 aromatic carbocycles. The SMILES string of the molecule is Cn1nccc1C(N)c1ccc(Br)cc1Cl. The number of hydrogen-bond donors (Lipinski definition) is 1. The van der Waals surface area contributed by atoms with Crippen molar-refractivity contribution < 1.29 is 0 Å². The molecule has 2 N–H and O–H groups in total. The molecule has 1 heterocycles. The van der Waals surface area contributed by atoms with Crippen molar-refractivity contribution in [3.63, 3.8) is 0 Å². The second kappa shape index (κ2) is 4.57. The molecule has 0 aliphatic carbocycles. The molecule has 0 radical (unpaired) electrons. The molecule has 5 heteroatoms. The van der Waals surface area contributed by atoms with E-state index in [1.807, 2.05) is 31.3 Å². The summed E-state index contributed by atoms with van der Waals surface area (Å²) in [7, 11) is 1.86. The summed E-state index contributed by atoms with van der Waals surface area (Å²) in [5, 5.41) is 4.75. The van der Waals surface area contributed by atoms with Gasteiger partial charge in [-0.15, -0.1) is 0 Å². The van der Waals surface area contributed by atoms with E-state index in [9.17, 15) is 0 Å². The number of rotatable bonds is 2. The fourth-order valence-electron chi connectivity index (χ4n) is 1.60. The lowest BCUT2D eigenvalue weighted by molar-refractivity contribution is 0.673. The molecule has 0 saturated heterocycles. The van der Waals surface area contributed by atoms with Crippen LogP contribution in [0.4, 0.5) is 0 Å². The summed E-state index contributed by atoms with van der Waals surface area (Å²) in [6.45, 7) is 0. The molecule has 0 aliphatic heterocycles. The van der Waals surface area contributed by atoms with E-state index in [4.69, 9.17) is 17.3 Å². The van der Waals surface area contributed by atoms with Crippen molar-refractivity contribution in [3.8, 4) is 0 Å². The third-order valence-electron chi connectivity index (χ3n) is 2.48. The van der Waals surface area contributed by atoms with Crippen molar-refractivity contribution in [2.75, 3.05) is 0 Å². The topological polar surface area (TPSA) is 43.8 Å². The van der Waals surface area contributed by atoms with Crippen LogP contribution in [-0.2, 0) is 7.05 Å². The molecule has 84 valence electrons. The zero-order valence-electron chi connectivity index (χ0n) is 8.69.